The maximum Gasteiger partial charge on any atom is 0.0738 e. The van der Waals surface area contributed by atoms with E-state index in [-0.39, 0.29) is 0 Å². The number of hydrogen-bond donors (Lipinski definition) is 1. The Morgan fingerprint density at radius 1 is 1.35 bits per heavy atom. The third-order valence-corrected chi connectivity index (χ3v) is 3.30. The van der Waals surface area contributed by atoms with Gasteiger partial charge in [-0.2, -0.15) is 0 Å². The summed E-state index contributed by atoms with van der Waals surface area (Å²) in [5.41, 5.74) is 2.34. The predicted octanol–water partition coefficient (Wildman–Crippen LogP) is 2.43. The van der Waals surface area contributed by atoms with Gasteiger partial charge in [0.1, 0.15) is 0 Å². The first-order valence-corrected chi connectivity index (χ1v) is 6.28. The summed E-state index contributed by atoms with van der Waals surface area (Å²) in [5.74, 6) is 0. The number of nitrogens with one attached hydrogen (secondary N) is 1. The van der Waals surface area contributed by atoms with Crippen molar-refractivity contribution in [3.8, 4) is 0 Å². The van der Waals surface area contributed by atoms with Crippen molar-refractivity contribution in [2.75, 3.05) is 0 Å². The molecule has 0 saturated heterocycles. The van der Waals surface area contributed by atoms with E-state index in [0.29, 0.717) is 6.04 Å². The molecule has 1 aromatic heterocycles. The SMILES string of the molecule is C[C@H](NCc1cnnn1C)c1ccc(Br)cc1. The molecule has 17 heavy (non-hydrogen) atoms. The summed E-state index contributed by atoms with van der Waals surface area (Å²) in [6.07, 6.45) is 1.78. The Kier molecular flexibility index (Phi) is 3.91. The van der Waals surface area contributed by atoms with Crippen LogP contribution in [0.3, 0.4) is 0 Å². The molecule has 0 aliphatic heterocycles. The molecule has 0 radical (unpaired) electrons. The minimum absolute atomic E-state index is 0.304. The fourth-order valence-corrected chi connectivity index (χ4v) is 1.86. The highest BCUT2D eigenvalue weighted by atomic mass is 79.9. The number of nitrogens with zero attached hydrogens (tertiary/aromatic N) is 3. The fourth-order valence-electron chi connectivity index (χ4n) is 1.60. The lowest BCUT2D eigenvalue weighted by Crippen LogP contribution is -2.19. The molecule has 1 N–H and O–H groups in total. The van der Waals surface area contributed by atoms with Crippen LogP contribution in [0, 0.1) is 0 Å². The molecular weight excluding hydrogens is 280 g/mol. The van der Waals surface area contributed by atoms with E-state index in [9.17, 15) is 0 Å². The zero-order chi connectivity index (χ0) is 12.3. The van der Waals surface area contributed by atoms with Crippen LogP contribution in [-0.4, -0.2) is 15.0 Å². The summed E-state index contributed by atoms with van der Waals surface area (Å²) in [6, 6.07) is 8.64. The van der Waals surface area contributed by atoms with E-state index in [4.69, 9.17) is 0 Å². The van der Waals surface area contributed by atoms with Crippen LogP contribution in [0.2, 0.25) is 0 Å². The Morgan fingerprint density at radius 2 is 2.06 bits per heavy atom. The van der Waals surface area contributed by atoms with Gasteiger partial charge in [-0.05, 0) is 24.6 Å². The monoisotopic (exact) mass is 294 g/mol. The van der Waals surface area contributed by atoms with Crippen LogP contribution >= 0.6 is 15.9 Å². The molecule has 0 aliphatic carbocycles. The van der Waals surface area contributed by atoms with Crippen LogP contribution in [0.25, 0.3) is 0 Å². The maximum atomic E-state index is 3.90. The second-order valence-corrected chi connectivity index (χ2v) is 4.92. The predicted molar refractivity (Wildman–Crippen MR) is 70.4 cm³/mol. The molecule has 0 bridgehead atoms. The van der Waals surface area contributed by atoms with Gasteiger partial charge in [-0.3, -0.25) is 4.68 Å². The topological polar surface area (TPSA) is 42.7 Å². The van der Waals surface area contributed by atoms with Crippen LogP contribution in [-0.2, 0) is 13.6 Å². The van der Waals surface area contributed by atoms with Crippen molar-refractivity contribution in [3.05, 3.63) is 46.2 Å². The van der Waals surface area contributed by atoms with Crippen molar-refractivity contribution < 1.29 is 0 Å². The summed E-state index contributed by atoms with van der Waals surface area (Å²) in [7, 11) is 1.90. The van der Waals surface area contributed by atoms with Crippen LogP contribution < -0.4 is 5.32 Å². The molecule has 90 valence electrons. The van der Waals surface area contributed by atoms with Crippen LogP contribution in [0.15, 0.2) is 34.9 Å². The van der Waals surface area contributed by atoms with Crippen molar-refractivity contribution in [2.45, 2.75) is 19.5 Å². The second-order valence-electron chi connectivity index (χ2n) is 4.00. The van der Waals surface area contributed by atoms with E-state index in [0.717, 1.165) is 16.7 Å². The highest BCUT2D eigenvalue weighted by molar-refractivity contribution is 9.10. The standard InChI is InChI=1S/C12H15BrN4/c1-9(10-3-5-11(13)6-4-10)14-7-12-8-15-16-17(12)2/h3-6,8-9,14H,7H2,1-2H3/t9-/m0/s1. The van der Waals surface area contributed by atoms with E-state index in [1.165, 1.54) is 5.56 Å². The van der Waals surface area contributed by atoms with Crippen molar-refractivity contribution in [3.63, 3.8) is 0 Å². The van der Waals surface area contributed by atoms with Crippen molar-refractivity contribution in [1.82, 2.24) is 20.3 Å². The summed E-state index contributed by atoms with van der Waals surface area (Å²) < 4.78 is 2.88. The van der Waals surface area contributed by atoms with E-state index in [2.05, 4.69) is 62.7 Å². The summed E-state index contributed by atoms with van der Waals surface area (Å²) in [6.45, 7) is 2.91. The normalized spacial score (nSPS) is 12.6. The van der Waals surface area contributed by atoms with Crippen molar-refractivity contribution in [2.24, 2.45) is 7.05 Å². The Balaban J connectivity index is 1.95. The fraction of sp³-hybridized carbons (Fsp3) is 0.333. The third kappa shape index (κ3) is 3.14. The van der Waals surface area contributed by atoms with Gasteiger partial charge in [0.25, 0.3) is 0 Å². The molecule has 0 fully saturated rings. The highest BCUT2D eigenvalue weighted by Crippen LogP contribution is 2.16. The van der Waals surface area contributed by atoms with E-state index < -0.39 is 0 Å². The summed E-state index contributed by atoms with van der Waals surface area (Å²) >= 11 is 3.43. The summed E-state index contributed by atoms with van der Waals surface area (Å²) in [4.78, 5) is 0. The second kappa shape index (κ2) is 5.42. The molecule has 0 amide bonds. The van der Waals surface area contributed by atoms with Gasteiger partial charge >= 0.3 is 0 Å². The van der Waals surface area contributed by atoms with E-state index in [1.807, 2.05) is 7.05 Å². The largest absolute Gasteiger partial charge is 0.305 e. The van der Waals surface area contributed by atoms with Gasteiger partial charge in [0, 0.05) is 24.1 Å². The zero-order valence-corrected chi connectivity index (χ0v) is 11.5. The number of aromatic nitrogens is 3. The lowest BCUT2D eigenvalue weighted by molar-refractivity contribution is 0.546. The van der Waals surface area contributed by atoms with Gasteiger partial charge in [0.05, 0.1) is 11.9 Å². The highest BCUT2D eigenvalue weighted by Gasteiger charge is 2.06. The molecule has 1 heterocycles. The van der Waals surface area contributed by atoms with Gasteiger partial charge in [-0.1, -0.05) is 33.3 Å². The molecule has 5 heteroatoms. The average molecular weight is 295 g/mol. The molecule has 2 aromatic rings. The molecule has 1 atom stereocenters. The number of rotatable bonds is 4. The molecule has 0 aliphatic rings. The van der Waals surface area contributed by atoms with Crippen LogP contribution in [0.5, 0.6) is 0 Å². The minimum Gasteiger partial charge on any atom is -0.305 e. The third-order valence-electron chi connectivity index (χ3n) is 2.77. The Hall–Kier alpha value is -1.20. The van der Waals surface area contributed by atoms with E-state index >= 15 is 0 Å². The lowest BCUT2D eigenvalue weighted by Gasteiger charge is -2.14. The summed E-state index contributed by atoms with van der Waals surface area (Å²) in [5, 5.41) is 11.2. The molecule has 2 rings (SSSR count). The smallest absolute Gasteiger partial charge is 0.0738 e. The first-order chi connectivity index (χ1) is 8.16. The van der Waals surface area contributed by atoms with Gasteiger partial charge in [-0.15, -0.1) is 5.10 Å². The molecular formula is C12H15BrN4. The Labute approximate surface area is 109 Å². The van der Waals surface area contributed by atoms with Crippen molar-refractivity contribution in [1.29, 1.82) is 0 Å². The van der Waals surface area contributed by atoms with E-state index in [1.54, 1.807) is 10.9 Å². The molecule has 0 unspecified atom stereocenters. The quantitative estimate of drug-likeness (QED) is 0.942. The molecule has 0 spiro atoms. The minimum atomic E-state index is 0.304. The first kappa shape index (κ1) is 12.3. The Morgan fingerprint density at radius 3 is 2.65 bits per heavy atom. The number of halogens is 1. The van der Waals surface area contributed by atoms with Crippen LogP contribution in [0.1, 0.15) is 24.2 Å². The average Bonchev–Trinajstić information content (AvgIpc) is 2.73. The van der Waals surface area contributed by atoms with Gasteiger partial charge in [0.15, 0.2) is 0 Å². The number of hydrogen-bond acceptors (Lipinski definition) is 3. The first-order valence-electron chi connectivity index (χ1n) is 5.49. The van der Waals surface area contributed by atoms with Crippen molar-refractivity contribution >= 4 is 15.9 Å². The molecule has 4 nitrogen and oxygen atoms in total. The van der Waals surface area contributed by atoms with Crippen LogP contribution in [0.4, 0.5) is 0 Å². The lowest BCUT2D eigenvalue weighted by atomic mass is 10.1. The van der Waals surface area contributed by atoms with Gasteiger partial charge in [0.2, 0.25) is 0 Å². The molecule has 1 aromatic carbocycles. The van der Waals surface area contributed by atoms with Gasteiger partial charge in [-0.25, -0.2) is 0 Å². The number of benzene rings is 1. The Bertz CT molecular complexity index is 478. The number of aryl methyl sites for hydroxylation is 1. The molecule has 0 saturated carbocycles. The maximum absolute atomic E-state index is 3.90. The van der Waals surface area contributed by atoms with Gasteiger partial charge < -0.3 is 5.32 Å². The zero-order valence-electron chi connectivity index (χ0n) is 9.89.